The van der Waals surface area contributed by atoms with E-state index < -0.39 is 6.17 Å². The smallest absolute Gasteiger partial charge is 0.255 e. The standard InChI is InChI=1S/C38H47FN6O3/c1-23-33-12-9-28(38(48)43-21-29(39)18-30(40)22-43)20-45(33)41-35(23)34-17-27-3-2-4-32(36(27)44(34)19-24-5-6-24)25-13-15-42(16-14-25)37(47)26-7-10-31(46)11-8-26/h2-4,9,12,17,20,24-26,29-31,46H,5-8,10-11,13-16,18-19,21-22,40H2,1H3/t26-,29-,30-,31-/m1/s1. The van der Waals surface area contributed by atoms with Crippen LogP contribution < -0.4 is 5.73 Å². The first-order valence-corrected chi connectivity index (χ1v) is 18.0. The molecule has 2 aliphatic carbocycles. The van der Waals surface area contributed by atoms with E-state index in [1.165, 1.54) is 34.2 Å². The molecule has 254 valence electrons. The van der Waals surface area contributed by atoms with Crippen molar-refractivity contribution >= 4 is 28.2 Å². The number of piperidine rings is 2. The largest absolute Gasteiger partial charge is 0.393 e. The summed E-state index contributed by atoms with van der Waals surface area (Å²) in [6.45, 7) is 5.01. The van der Waals surface area contributed by atoms with Crippen LogP contribution in [0.4, 0.5) is 4.39 Å². The maximum absolute atomic E-state index is 14.2. The minimum absolute atomic E-state index is 0.0557. The number of alkyl halides is 1. The second-order valence-corrected chi connectivity index (χ2v) is 15.0. The fraction of sp³-hybridized carbons (Fsp3) is 0.553. The zero-order valence-electron chi connectivity index (χ0n) is 27.9. The first-order valence-electron chi connectivity index (χ1n) is 18.0. The number of aliphatic hydroxyl groups is 1. The fourth-order valence-corrected chi connectivity index (χ4v) is 8.59. The molecule has 0 radical (unpaired) electrons. The molecule has 2 saturated heterocycles. The van der Waals surface area contributed by atoms with Gasteiger partial charge in [-0.3, -0.25) is 9.59 Å². The summed E-state index contributed by atoms with van der Waals surface area (Å²) < 4.78 is 18.5. The first-order chi connectivity index (χ1) is 23.2. The van der Waals surface area contributed by atoms with Crippen molar-refractivity contribution in [3.05, 3.63) is 59.3 Å². The van der Waals surface area contributed by atoms with Gasteiger partial charge in [-0.15, -0.1) is 0 Å². The minimum Gasteiger partial charge on any atom is -0.393 e. The Morgan fingerprint density at radius 3 is 2.48 bits per heavy atom. The van der Waals surface area contributed by atoms with Crippen molar-refractivity contribution in [1.82, 2.24) is 24.0 Å². The lowest BCUT2D eigenvalue weighted by Crippen LogP contribution is -2.50. The number of amides is 2. The number of benzene rings is 1. The number of hydrogen-bond acceptors (Lipinski definition) is 5. The fourth-order valence-electron chi connectivity index (χ4n) is 8.59. The van der Waals surface area contributed by atoms with E-state index in [4.69, 9.17) is 10.8 Å². The Bertz CT molecular complexity index is 1840. The SMILES string of the molecule is Cc1c(-c2cc3cccc(C4CCN(C(=O)[C@H]5CC[C@H](O)CC5)CC4)c3n2CC2CC2)nn2cc(C(=O)N3C[C@H](N)C[C@@H](F)C3)ccc12. The predicted molar refractivity (Wildman–Crippen MR) is 183 cm³/mol. The molecule has 5 heterocycles. The van der Waals surface area contributed by atoms with Gasteiger partial charge in [0.15, 0.2) is 0 Å². The highest BCUT2D eigenvalue weighted by Gasteiger charge is 2.34. The monoisotopic (exact) mass is 654 g/mol. The maximum Gasteiger partial charge on any atom is 0.255 e. The quantitative estimate of drug-likeness (QED) is 0.288. The average Bonchev–Trinajstić information content (AvgIpc) is 3.76. The Hall–Kier alpha value is -3.76. The number of carbonyl (C=O) groups excluding carboxylic acids is 2. The number of aryl methyl sites for hydroxylation is 1. The van der Waals surface area contributed by atoms with E-state index in [-0.39, 0.29) is 42.8 Å². The van der Waals surface area contributed by atoms with Crippen LogP contribution >= 0.6 is 0 Å². The van der Waals surface area contributed by atoms with Crippen LogP contribution in [0.15, 0.2) is 42.6 Å². The molecule has 8 rings (SSSR count). The molecular weight excluding hydrogens is 607 g/mol. The van der Waals surface area contributed by atoms with Gasteiger partial charge >= 0.3 is 0 Å². The van der Waals surface area contributed by atoms with Crippen molar-refractivity contribution in [1.29, 1.82) is 0 Å². The van der Waals surface area contributed by atoms with Crippen LogP contribution in [-0.2, 0) is 11.3 Å². The topological polar surface area (TPSA) is 109 Å². The number of aromatic nitrogens is 3. The van der Waals surface area contributed by atoms with Gasteiger partial charge in [-0.2, -0.15) is 5.10 Å². The van der Waals surface area contributed by atoms with Gasteiger partial charge in [0.2, 0.25) is 5.91 Å². The van der Waals surface area contributed by atoms with Crippen molar-refractivity contribution in [3.63, 3.8) is 0 Å². The molecule has 4 aromatic rings. The first kappa shape index (κ1) is 31.5. The van der Waals surface area contributed by atoms with Crippen LogP contribution in [-0.4, -0.2) is 85.4 Å². The number of rotatable bonds is 6. The van der Waals surface area contributed by atoms with Gasteiger partial charge in [-0.1, -0.05) is 18.2 Å². The third kappa shape index (κ3) is 5.91. The van der Waals surface area contributed by atoms with E-state index in [0.717, 1.165) is 80.6 Å². The highest BCUT2D eigenvalue weighted by Crippen LogP contribution is 2.41. The van der Waals surface area contributed by atoms with Crippen LogP contribution in [0.2, 0.25) is 0 Å². The molecule has 4 fully saturated rings. The lowest BCUT2D eigenvalue weighted by Gasteiger charge is -2.36. The Balaban J connectivity index is 1.09. The number of hydrogen-bond donors (Lipinski definition) is 2. The van der Waals surface area contributed by atoms with Crippen LogP contribution in [0.1, 0.15) is 85.2 Å². The molecule has 10 heteroatoms. The minimum atomic E-state index is -1.11. The number of carbonyl (C=O) groups is 2. The molecule has 3 N–H and O–H groups in total. The molecule has 0 bridgehead atoms. The van der Waals surface area contributed by atoms with E-state index in [1.807, 2.05) is 12.1 Å². The second kappa shape index (κ2) is 12.6. The van der Waals surface area contributed by atoms with Gasteiger partial charge in [-0.05, 0) is 100 Å². The normalized spacial score (nSPS) is 25.7. The van der Waals surface area contributed by atoms with Gasteiger partial charge in [0.25, 0.3) is 5.91 Å². The van der Waals surface area contributed by atoms with E-state index >= 15 is 0 Å². The number of fused-ring (bicyclic) bond motifs is 2. The number of nitrogens with two attached hydrogens (primary N) is 1. The van der Waals surface area contributed by atoms with Gasteiger partial charge in [0.05, 0.1) is 34.9 Å². The molecule has 2 saturated carbocycles. The zero-order chi connectivity index (χ0) is 33.1. The number of nitrogens with zero attached hydrogens (tertiary/aromatic N) is 5. The summed E-state index contributed by atoms with van der Waals surface area (Å²) >= 11 is 0. The number of para-hydroxylation sites is 1. The Kier molecular flexibility index (Phi) is 8.27. The van der Waals surface area contributed by atoms with Crippen molar-refractivity contribution in [3.8, 4) is 11.4 Å². The Labute approximate surface area is 280 Å². The third-order valence-corrected chi connectivity index (χ3v) is 11.5. The summed E-state index contributed by atoms with van der Waals surface area (Å²) in [7, 11) is 0. The molecule has 2 atom stereocenters. The Morgan fingerprint density at radius 1 is 0.979 bits per heavy atom. The van der Waals surface area contributed by atoms with E-state index in [2.05, 4.69) is 40.7 Å². The zero-order valence-corrected chi connectivity index (χ0v) is 27.9. The van der Waals surface area contributed by atoms with Crippen molar-refractivity contribution in [2.24, 2.45) is 17.6 Å². The molecule has 9 nitrogen and oxygen atoms in total. The molecule has 0 unspecified atom stereocenters. The molecule has 4 aliphatic rings. The predicted octanol–water partition coefficient (Wildman–Crippen LogP) is 5.44. The van der Waals surface area contributed by atoms with Crippen LogP contribution in [0.3, 0.4) is 0 Å². The molecular formula is C38H47FN6O3. The van der Waals surface area contributed by atoms with E-state index in [9.17, 15) is 19.1 Å². The van der Waals surface area contributed by atoms with E-state index in [1.54, 1.807) is 10.7 Å². The van der Waals surface area contributed by atoms with Gasteiger partial charge in [-0.25, -0.2) is 8.91 Å². The molecule has 48 heavy (non-hydrogen) atoms. The van der Waals surface area contributed by atoms with Gasteiger partial charge in [0, 0.05) is 55.3 Å². The molecule has 2 aliphatic heterocycles. The summed E-state index contributed by atoms with van der Waals surface area (Å²) in [5.74, 6) is 1.13. The van der Waals surface area contributed by atoms with Crippen molar-refractivity contribution in [2.45, 2.75) is 95.5 Å². The molecule has 2 amide bonds. The van der Waals surface area contributed by atoms with Crippen LogP contribution in [0, 0.1) is 18.8 Å². The summed E-state index contributed by atoms with van der Waals surface area (Å²) in [5, 5.41) is 16.2. The second-order valence-electron chi connectivity index (χ2n) is 15.0. The molecule has 3 aromatic heterocycles. The van der Waals surface area contributed by atoms with E-state index in [0.29, 0.717) is 23.9 Å². The highest BCUT2D eigenvalue weighted by molar-refractivity contribution is 5.95. The van der Waals surface area contributed by atoms with Crippen molar-refractivity contribution < 1.29 is 19.1 Å². The molecule has 1 aromatic carbocycles. The van der Waals surface area contributed by atoms with Crippen LogP contribution in [0.25, 0.3) is 27.8 Å². The summed E-state index contributed by atoms with van der Waals surface area (Å²) in [4.78, 5) is 30.3. The lowest BCUT2D eigenvalue weighted by molar-refractivity contribution is -0.138. The Morgan fingerprint density at radius 2 is 1.75 bits per heavy atom. The van der Waals surface area contributed by atoms with Crippen molar-refractivity contribution in [2.75, 3.05) is 26.2 Å². The average molecular weight is 655 g/mol. The maximum atomic E-state index is 14.2. The summed E-state index contributed by atoms with van der Waals surface area (Å²) in [6, 6.07) is 12.3. The van der Waals surface area contributed by atoms with Crippen LogP contribution in [0.5, 0.6) is 0 Å². The molecule has 0 spiro atoms. The van der Waals surface area contributed by atoms with Gasteiger partial charge in [0.1, 0.15) is 11.9 Å². The highest BCUT2D eigenvalue weighted by atomic mass is 19.1. The number of aliphatic hydroxyl groups excluding tert-OH is 1. The van der Waals surface area contributed by atoms with Gasteiger partial charge < -0.3 is 25.2 Å². The summed E-state index contributed by atoms with van der Waals surface area (Å²) in [5.41, 5.74) is 13.1. The number of halogens is 1. The number of likely N-dealkylation sites (tertiary alicyclic amines) is 2. The lowest BCUT2D eigenvalue weighted by atomic mass is 9.84. The summed E-state index contributed by atoms with van der Waals surface area (Å²) in [6.07, 6.45) is 8.10. The number of pyridine rings is 1. The third-order valence-electron chi connectivity index (χ3n) is 11.5.